The first-order chi connectivity index (χ1) is 11.9. The average Bonchev–Trinajstić information content (AvgIpc) is 2.59. The zero-order valence-corrected chi connectivity index (χ0v) is 13.3. The van der Waals surface area contributed by atoms with E-state index in [2.05, 4.69) is 10.6 Å². The van der Waals surface area contributed by atoms with Crippen LogP contribution in [0.2, 0.25) is 0 Å². The van der Waals surface area contributed by atoms with E-state index in [0.29, 0.717) is 0 Å². The number of carbonyl (C=O) groups excluding carboxylic acids is 1. The quantitative estimate of drug-likeness (QED) is 0.198. The van der Waals surface area contributed by atoms with Crippen LogP contribution in [0.5, 0.6) is 5.75 Å². The first-order valence-corrected chi connectivity index (χ1v) is 7.38. The number of nitrogens with two attached hydrogens (primary N) is 1. The smallest absolute Gasteiger partial charge is 0.282 e. The molecule has 0 fully saturated rings. The Bertz CT molecular complexity index is 885. The first-order valence-electron chi connectivity index (χ1n) is 7.38. The Balaban J connectivity index is 1.95. The molecule has 2 rings (SSSR count). The molecule has 0 unspecified atom stereocenters. The number of nitrogens with zero attached hydrogens (tertiary/aromatic N) is 1. The Morgan fingerprint density at radius 3 is 2.64 bits per heavy atom. The van der Waals surface area contributed by atoms with Crippen molar-refractivity contribution in [2.45, 2.75) is 6.92 Å². The van der Waals surface area contributed by atoms with Gasteiger partial charge >= 0.3 is 0 Å². The minimum absolute atomic E-state index is 0.0229. The van der Waals surface area contributed by atoms with Gasteiger partial charge in [0, 0.05) is 24.8 Å². The second kappa shape index (κ2) is 7.43. The third-order valence-electron chi connectivity index (χ3n) is 3.33. The molecule has 10 heteroatoms. The van der Waals surface area contributed by atoms with Crippen LogP contribution in [0.25, 0.3) is 0 Å². The molecule has 132 valence electrons. The molecule has 1 amide bonds. The third kappa shape index (κ3) is 3.74. The molecular weight excluding hydrogens is 332 g/mol. The van der Waals surface area contributed by atoms with Crippen LogP contribution in [-0.2, 0) is 0 Å². The average molecular weight is 348 g/mol. The van der Waals surface area contributed by atoms with Gasteiger partial charge in [-0.2, -0.15) is 0 Å². The fourth-order valence-electron chi connectivity index (χ4n) is 2.17. The van der Waals surface area contributed by atoms with Crippen LogP contribution < -0.4 is 32.0 Å². The number of hydrogen-bond donors (Lipinski definition) is 3. The summed E-state index contributed by atoms with van der Waals surface area (Å²) in [7, 11) is 0. The van der Waals surface area contributed by atoms with Crippen molar-refractivity contribution < 1.29 is 14.5 Å². The molecule has 0 bridgehead atoms. The molecule has 25 heavy (non-hydrogen) atoms. The Hall–Kier alpha value is -3.43. The lowest BCUT2D eigenvalue weighted by Gasteiger charge is -2.13. The highest BCUT2D eigenvalue weighted by molar-refractivity contribution is 5.99. The fraction of sp³-hybridized carbons (Fsp3) is 0.267. The second-order valence-corrected chi connectivity index (χ2v) is 5.01. The Kier molecular flexibility index (Phi) is 5.32. The fourth-order valence-corrected chi connectivity index (χ4v) is 2.17. The summed E-state index contributed by atoms with van der Waals surface area (Å²) in [5.74, 6) is -0.693. The Morgan fingerprint density at radius 2 is 2.00 bits per heavy atom. The topological polar surface area (TPSA) is 154 Å². The van der Waals surface area contributed by atoms with Gasteiger partial charge < -0.3 is 21.1 Å². The van der Waals surface area contributed by atoms with Gasteiger partial charge in [-0.15, -0.1) is 0 Å². The van der Waals surface area contributed by atoms with Crippen molar-refractivity contribution in [3.63, 3.8) is 0 Å². The lowest BCUT2D eigenvalue weighted by atomic mass is 10.1. The Labute approximate surface area is 141 Å². The van der Waals surface area contributed by atoms with Crippen LogP contribution in [0.1, 0.15) is 17.3 Å². The summed E-state index contributed by atoms with van der Waals surface area (Å²) in [5.41, 5.74) is 3.95. The molecule has 0 aromatic heterocycles. The molecule has 0 heterocycles. The molecule has 0 atom stereocenters. The zero-order chi connectivity index (χ0) is 18.6. The number of nitrogen functional groups attached to an aromatic ring is 1. The standard InChI is InChI=1S/C15H16N4O6/c1-2-25-14-11(12(20)13(14)21)17-5-6-18-15(22)9-7-8(16)3-4-10(9)19(23)24/h3-4,7,17H,2,5-6,16H2,1H3,(H,18,22). The molecule has 4 N–H and O–H groups in total. The highest BCUT2D eigenvalue weighted by atomic mass is 16.6. The van der Waals surface area contributed by atoms with E-state index in [-0.39, 0.29) is 48.1 Å². The molecule has 0 spiro atoms. The van der Waals surface area contributed by atoms with Crippen molar-refractivity contribution >= 4 is 23.0 Å². The molecular formula is C15H16N4O6. The number of nitrogens with one attached hydrogen (secondary N) is 2. The van der Waals surface area contributed by atoms with E-state index in [9.17, 15) is 24.5 Å². The molecule has 0 saturated heterocycles. The van der Waals surface area contributed by atoms with Crippen molar-refractivity contribution in [1.82, 2.24) is 5.32 Å². The summed E-state index contributed by atoms with van der Waals surface area (Å²) >= 11 is 0. The van der Waals surface area contributed by atoms with E-state index in [1.54, 1.807) is 6.92 Å². The van der Waals surface area contributed by atoms with Crippen molar-refractivity contribution in [3.05, 3.63) is 54.3 Å². The van der Waals surface area contributed by atoms with Gasteiger partial charge in [-0.1, -0.05) is 0 Å². The molecule has 0 saturated carbocycles. The summed E-state index contributed by atoms with van der Waals surface area (Å²) in [6, 6.07) is 3.70. The van der Waals surface area contributed by atoms with E-state index in [1.807, 2.05) is 0 Å². The van der Waals surface area contributed by atoms with E-state index in [4.69, 9.17) is 10.5 Å². The summed E-state index contributed by atoms with van der Waals surface area (Å²) < 4.78 is 5.05. The van der Waals surface area contributed by atoms with Gasteiger partial charge in [-0.05, 0) is 19.1 Å². The van der Waals surface area contributed by atoms with Crippen LogP contribution in [0, 0.1) is 10.1 Å². The monoisotopic (exact) mass is 348 g/mol. The maximum absolute atomic E-state index is 12.1. The number of carbonyl (C=O) groups is 1. The zero-order valence-electron chi connectivity index (χ0n) is 13.3. The van der Waals surface area contributed by atoms with Crippen molar-refractivity contribution in [1.29, 1.82) is 0 Å². The SMILES string of the molecule is CCOc1c(NCCNC(=O)c2cc(N)ccc2[N+](=O)[O-])c(=O)c1=O. The van der Waals surface area contributed by atoms with Gasteiger partial charge in [0.05, 0.1) is 11.5 Å². The minimum Gasteiger partial charge on any atom is -0.488 e. The lowest BCUT2D eigenvalue weighted by molar-refractivity contribution is -0.385. The molecule has 10 nitrogen and oxygen atoms in total. The summed E-state index contributed by atoms with van der Waals surface area (Å²) in [4.78, 5) is 45.1. The van der Waals surface area contributed by atoms with Crippen LogP contribution in [0.4, 0.5) is 17.1 Å². The molecule has 0 aliphatic carbocycles. The first kappa shape index (κ1) is 17.9. The number of anilines is 2. The molecule has 0 aliphatic heterocycles. The lowest BCUT2D eigenvalue weighted by Crippen LogP contribution is -2.37. The normalized spacial score (nSPS) is 10.4. The molecule has 2 aromatic rings. The van der Waals surface area contributed by atoms with E-state index >= 15 is 0 Å². The minimum atomic E-state index is -0.691. The number of amides is 1. The van der Waals surface area contributed by atoms with Crippen LogP contribution >= 0.6 is 0 Å². The van der Waals surface area contributed by atoms with E-state index < -0.39 is 21.7 Å². The van der Waals surface area contributed by atoms with Gasteiger partial charge in [0.25, 0.3) is 22.5 Å². The van der Waals surface area contributed by atoms with Gasteiger partial charge in [-0.25, -0.2) is 0 Å². The number of hydrogen-bond acceptors (Lipinski definition) is 8. The summed E-state index contributed by atoms with van der Waals surface area (Å²) in [6.07, 6.45) is 0. The van der Waals surface area contributed by atoms with Gasteiger partial charge in [0.1, 0.15) is 11.3 Å². The molecule has 2 aromatic carbocycles. The van der Waals surface area contributed by atoms with Gasteiger partial charge in [0.15, 0.2) is 5.75 Å². The largest absolute Gasteiger partial charge is 0.488 e. The van der Waals surface area contributed by atoms with Gasteiger partial charge in [-0.3, -0.25) is 24.5 Å². The summed E-state index contributed by atoms with van der Waals surface area (Å²) in [6.45, 7) is 2.12. The van der Waals surface area contributed by atoms with Gasteiger partial charge in [0.2, 0.25) is 0 Å². The third-order valence-corrected chi connectivity index (χ3v) is 3.33. The van der Waals surface area contributed by atoms with E-state index in [1.165, 1.54) is 12.1 Å². The number of rotatable bonds is 8. The predicted molar refractivity (Wildman–Crippen MR) is 90.9 cm³/mol. The van der Waals surface area contributed by atoms with Crippen LogP contribution in [0.15, 0.2) is 27.8 Å². The van der Waals surface area contributed by atoms with Crippen LogP contribution in [-0.4, -0.2) is 30.5 Å². The summed E-state index contributed by atoms with van der Waals surface area (Å²) in [5, 5.41) is 16.1. The Morgan fingerprint density at radius 1 is 1.28 bits per heavy atom. The maximum Gasteiger partial charge on any atom is 0.282 e. The predicted octanol–water partition coefficient (Wildman–Crippen LogP) is 0.0136. The highest BCUT2D eigenvalue weighted by Gasteiger charge is 2.22. The highest BCUT2D eigenvalue weighted by Crippen LogP contribution is 2.21. The number of ether oxygens (including phenoxy) is 1. The number of nitro groups is 1. The van der Waals surface area contributed by atoms with Crippen molar-refractivity contribution in [2.24, 2.45) is 0 Å². The molecule has 0 aliphatic rings. The number of benzene rings is 1. The van der Waals surface area contributed by atoms with E-state index in [0.717, 1.165) is 6.07 Å². The molecule has 0 radical (unpaired) electrons. The second-order valence-electron chi connectivity index (χ2n) is 5.01. The number of nitro benzene ring substituents is 1. The van der Waals surface area contributed by atoms with Crippen molar-refractivity contribution in [2.75, 3.05) is 30.7 Å². The van der Waals surface area contributed by atoms with Crippen LogP contribution in [0.3, 0.4) is 0 Å². The maximum atomic E-state index is 12.1. The van der Waals surface area contributed by atoms with Crippen molar-refractivity contribution in [3.8, 4) is 5.75 Å².